The molecule has 0 bridgehead atoms. The van der Waals surface area contributed by atoms with Gasteiger partial charge < -0.3 is 20.7 Å². The average molecular weight is 449 g/mol. The van der Waals surface area contributed by atoms with Crippen molar-refractivity contribution < 1.29 is 9.53 Å². The number of carbonyl (C=O) groups excluding carboxylic acids is 1. The molecule has 0 spiro atoms. The number of rotatable bonds is 10. The summed E-state index contributed by atoms with van der Waals surface area (Å²) in [7, 11) is 1.74. The van der Waals surface area contributed by atoms with Crippen molar-refractivity contribution >= 4 is 17.6 Å². The summed E-state index contributed by atoms with van der Waals surface area (Å²) in [5.74, 6) is 1.46. The molecule has 1 aromatic heterocycles. The topological polar surface area (TPSA) is 92.6 Å². The maximum atomic E-state index is 12.2. The Labute approximate surface area is 195 Å². The van der Waals surface area contributed by atoms with E-state index in [2.05, 4.69) is 58.1 Å². The van der Waals surface area contributed by atoms with Crippen molar-refractivity contribution in [3.63, 3.8) is 0 Å². The van der Waals surface area contributed by atoms with Gasteiger partial charge in [-0.1, -0.05) is 31.2 Å². The number of nitrogens with zero attached hydrogens (tertiary/aromatic N) is 3. The van der Waals surface area contributed by atoms with E-state index in [4.69, 9.17) is 4.74 Å². The van der Waals surface area contributed by atoms with Gasteiger partial charge in [0, 0.05) is 43.8 Å². The van der Waals surface area contributed by atoms with Crippen LogP contribution in [0.5, 0.6) is 5.75 Å². The second-order valence-corrected chi connectivity index (χ2v) is 7.69. The summed E-state index contributed by atoms with van der Waals surface area (Å²) < 4.78 is 7.49. The van der Waals surface area contributed by atoms with Crippen LogP contribution in [0, 0.1) is 6.92 Å². The second-order valence-electron chi connectivity index (χ2n) is 7.69. The fourth-order valence-corrected chi connectivity index (χ4v) is 3.24. The molecule has 1 heterocycles. The van der Waals surface area contributed by atoms with Crippen LogP contribution in [0.3, 0.4) is 0 Å². The molecule has 0 aliphatic rings. The third-order valence-corrected chi connectivity index (χ3v) is 4.89. The molecule has 3 rings (SSSR count). The Morgan fingerprint density at radius 2 is 1.97 bits per heavy atom. The molecule has 0 fully saturated rings. The minimum atomic E-state index is -0.125. The average Bonchev–Trinajstić information content (AvgIpc) is 3.31. The molecule has 8 nitrogen and oxygen atoms in total. The number of anilines is 1. The first kappa shape index (κ1) is 23.8. The summed E-state index contributed by atoms with van der Waals surface area (Å²) in [6, 6.07) is 15.7. The number of guanidine groups is 1. The monoisotopic (exact) mass is 448 g/mol. The molecule has 1 amide bonds. The van der Waals surface area contributed by atoms with Crippen LogP contribution >= 0.6 is 0 Å². The Bertz CT molecular complexity index is 1060. The van der Waals surface area contributed by atoms with E-state index in [0.717, 1.165) is 29.0 Å². The summed E-state index contributed by atoms with van der Waals surface area (Å²) in [5, 5.41) is 13.6. The minimum absolute atomic E-state index is 0.125. The molecule has 0 saturated carbocycles. The van der Waals surface area contributed by atoms with Gasteiger partial charge in [-0.15, -0.1) is 0 Å². The summed E-state index contributed by atoms with van der Waals surface area (Å²) in [6.07, 6.45) is 4.37. The molecule has 174 valence electrons. The smallest absolute Gasteiger partial charge is 0.246 e. The maximum Gasteiger partial charge on any atom is 0.246 e. The fourth-order valence-electron chi connectivity index (χ4n) is 3.24. The molecule has 0 saturated heterocycles. The largest absolute Gasteiger partial charge is 0.493 e. The lowest BCUT2D eigenvalue weighted by Gasteiger charge is -2.15. The zero-order chi connectivity index (χ0) is 23.5. The molecular formula is C25H32N6O2. The normalized spacial score (nSPS) is 11.2. The van der Waals surface area contributed by atoms with Gasteiger partial charge in [-0.3, -0.25) is 14.5 Å². The van der Waals surface area contributed by atoms with Gasteiger partial charge in [-0.25, -0.2) is 0 Å². The number of benzene rings is 2. The van der Waals surface area contributed by atoms with Gasteiger partial charge in [0.1, 0.15) is 12.3 Å². The van der Waals surface area contributed by atoms with E-state index in [1.54, 1.807) is 30.2 Å². The van der Waals surface area contributed by atoms with E-state index in [-0.39, 0.29) is 12.5 Å². The lowest BCUT2D eigenvalue weighted by molar-refractivity contribution is -0.116. The van der Waals surface area contributed by atoms with Crippen LogP contribution in [-0.2, 0) is 24.4 Å². The Balaban J connectivity index is 1.52. The van der Waals surface area contributed by atoms with E-state index in [1.807, 2.05) is 24.3 Å². The number of hydrogen-bond donors (Lipinski definition) is 3. The Morgan fingerprint density at radius 3 is 2.73 bits per heavy atom. The SMILES string of the molecule is CCCOc1cc(C)ccc1CNC(=NC)NCc1cccc(NC(=O)Cn2cccn2)c1. The lowest BCUT2D eigenvalue weighted by Crippen LogP contribution is -2.36. The van der Waals surface area contributed by atoms with Gasteiger partial charge >= 0.3 is 0 Å². The second kappa shape index (κ2) is 12.3. The van der Waals surface area contributed by atoms with Gasteiger partial charge in [0.25, 0.3) is 0 Å². The summed E-state index contributed by atoms with van der Waals surface area (Å²) >= 11 is 0. The van der Waals surface area contributed by atoms with Crippen molar-refractivity contribution in [2.24, 2.45) is 4.99 Å². The highest BCUT2D eigenvalue weighted by Crippen LogP contribution is 2.20. The molecule has 0 radical (unpaired) electrons. The standard InChI is InChI=1S/C25H32N6O2/c1-4-13-33-23-14-19(2)9-10-21(23)17-28-25(26-3)27-16-20-7-5-8-22(15-20)30-24(32)18-31-12-6-11-29-31/h5-12,14-15H,4,13,16-18H2,1-3H3,(H,30,32)(H2,26,27,28). The van der Waals surface area contributed by atoms with Crippen LogP contribution in [0.25, 0.3) is 0 Å². The number of hydrogen-bond acceptors (Lipinski definition) is 4. The van der Waals surface area contributed by atoms with E-state index in [9.17, 15) is 4.79 Å². The third kappa shape index (κ3) is 7.68. The lowest BCUT2D eigenvalue weighted by atomic mass is 10.1. The molecule has 0 aliphatic carbocycles. The van der Waals surface area contributed by atoms with Crippen LogP contribution in [0.4, 0.5) is 5.69 Å². The molecule has 0 unspecified atom stereocenters. The molecule has 0 aliphatic heterocycles. The Morgan fingerprint density at radius 1 is 1.12 bits per heavy atom. The van der Waals surface area contributed by atoms with Crippen molar-refractivity contribution in [2.75, 3.05) is 19.0 Å². The van der Waals surface area contributed by atoms with Crippen LogP contribution in [0.15, 0.2) is 65.9 Å². The number of aliphatic imine (C=N–C) groups is 1. The van der Waals surface area contributed by atoms with Crippen molar-refractivity contribution in [2.45, 2.75) is 39.9 Å². The minimum Gasteiger partial charge on any atom is -0.493 e. The highest BCUT2D eigenvalue weighted by Gasteiger charge is 2.07. The van der Waals surface area contributed by atoms with E-state index in [1.165, 1.54) is 5.56 Å². The fraction of sp³-hybridized carbons (Fsp3) is 0.320. The summed E-state index contributed by atoms with van der Waals surface area (Å²) in [4.78, 5) is 16.5. The van der Waals surface area contributed by atoms with Gasteiger partial charge in [0.05, 0.1) is 6.61 Å². The van der Waals surface area contributed by atoms with Gasteiger partial charge in [-0.2, -0.15) is 5.10 Å². The summed E-state index contributed by atoms with van der Waals surface area (Å²) in [5.41, 5.74) is 4.02. The number of aromatic nitrogens is 2. The third-order valence-electron chi connectivity index (χ3n) is 4.89. The number of carbonyl (C=O) groups is 1. The maximum absolute atomic E-state index is 12.2. The van der Waals surface area contributed by atoms with Gasteiger partial charge in [-0.05, 0) is 48.7 Å². The number of amides is 1. The van der Waals surface area contributed by atoms with Crippen LogP contribution < -0.4 is 20.7 Å². The van der Waals surface area contributed by atoms with Gasteiger partial charge in [0.2, 0.25) is 5.91 Å². The molecular weight excluding hydrogens is 416 g/mol. The zero-order valence-electron chi connectivity index (χ0n) is 19.5. The first-order chi connectivity index (χ1) is 16.1. The first-order valence-electron chi connectivity index (χ1n) is 11.1. The number of aryl methyl sites for hydroxylation is 1. The van der Waals surface area contributed by atoms with Crippen molar-refractivity contribution in [3.8, 4) is 5.75 Å². The molecule has 0 atom stereocenters. The van der Waals surface area contributed by atoms with Crippen molar-refractivity contribution in [3.05, 3.63) is 77.6 Å². The van der Waals surface area contributed by atoms with E-state index in [0.29, 0.717) is 25.7 Å². The molecule has 2 aromatic carbocycles. The molecule has 3 aromatic rings. The van der Waals surface area contributed by atoms with Crippen LogP contribution in [0.2, 0.25) is 0 Å². The van der Waals surface area contributed by atoms with E-state index < -0.39 is 0 Å². The number of nitrogens with one attached hydrogen (secondary N) is 3. The van der Waals surface area contributed by atoms with Crippen LogP contribution in [-0.4, -0.2) is 35.3 Å². The first-order valence-corrected chi connectivity index (χ1v) is 11.1. The quantitative estimate of drug-likeness (QED) is 0.326. The molecule has 8 heteroatoms. The zero-order valence-corrected chi connectivity index (χ0v) is 19.5. The van der Waals surface area contributed by atoms with E-state index >= 15 is 0 Å². The highest BCUT2D eigenvalue weighted by molar-refractivity contribution is 5.90. The van der Waals surface area contributed by atoms with Crippen LogP contribution in [0.1, 0.15) is 30.0 Å². The van der Waals surface area contributed by atoms with Crippen molar-refractivity contribution in [1.82, 2.24) is 20.4 Å². The van der Waals surface area contributed by atoms with Gasteiger partial charge in [0.15, 0.2) is 5.96 Å². The molecule has 33 heavy (non-hydrogen) atoms. The Kier molecular flexibility index (Phi) is 8.88. The highest BCUT2D eigenvalue weighted by atomic mass is 16.5. The molecule has 3 N–H and O–H groups in total. The summed E-state index contributed by atoms with van der Waals surface area (Å²) in [6.45, 7) is 6.19. The predicted molar refractivity (Wildman–Crippen MR) is 131 cm³/mol. The van der Waals surface area contributed by atoms with Crippen molar-refractivity contribution in [1.29, 1.82) is 0 Å². The predicted octanol–water partition coefficient (Wildman–Crippen LogP) is 3.48. The Hall–Kier alpha value is -3.81. The number of ether oxygens (including phenoxy) is 1.